The third-order valence-corrected chi connectivity index (χ3v) is 2.83. The summed E-state index contributed by atoms with van der Waals surface area (Å²) in [5.74, 6) is 0. The Bertz CT molecular complexity index is 621. The zero-order chi connectivity index (χ0) is 14.2. The number of aromatic nitrogens is 1. The van der Waals surface area contributed by atoms with Crippen LogP contribution in [0.2, 0.25) is 0 Å². The van der Waals surface area contributed by atoms with E-state index in [0.29, 0.717) is 10.4 Å². The number of nitrogens with zero attached hydrogens (tertiary/aromatic N) is 1. The molecule has 0 amide bonds. The molecule has 2 nitrogen and oxygen atoms in total. The Morgan fingerprint density at radius 2 is 1.74 bits per heavy atom. The first-order valence-corrected chi connectivity index (χ1v) is 5.67. The number of rotatable bonds is 1. The second-order valence-electron chi connectivity index (χ2n) is 4.43. The van der Waals surface area contributed by atoms with Crippen molar-refractivity contribution in [2.24, 2.45) is 0 Å². The van der Waals surface area contributed by atoms with E-state index in [4.69, 9.17) is 0 Å². The summed E-state index contributed by atoms with van der Waals surface area (Å²) in [6.07, 6.45) is -4.41. The minimum absolute atomic E-state index is 0.226. The molecule has 0 aliphatic heterocycles. The Labute approximate surface area is 108 Å². The van der Waals surface area contributed by atoms with Gasteiger partial charge in [0.1, 0.15) is 0 Å². The van der Waals surface area contributed by atoms with Gasteiger partial charge in [-0.1, -0.05) is 6.07 Å². The summed E-state index contributed by atoms with van der Waals surface area (Å²) in [6, 6.07) is 8.04. The van der Waals surface area contributed by atoms with Crippen molar-refractivity contribution < 1.29 is 17.9 Å². The monoisotopic (exact) mass is 267 g/mol. The molecule has 0 aliphatic carbocycles. The van der Waals surface area contributed by atoms with Crippen LogP contribution >= 0.6 is 0 Å². The van der Waals surface area contributed by atoms with Gasteiger partial charge in [0, 0.05) is 24.6 Å². The van der Waals surface area contributed by atoms with Gasteiger partial charge >= 0.3 is 6.18 Å². The Balaban J connectivity index is 2.60. The highest BCUT2D eigenvalue weighted by molar-refractivity contribution is 5.58. The molecule has 0 spiro atoms. The zero-order valence-electron chi connectivity index (χ0n) is 10.5. The van der Waals surface area contributed by atoms with Crippen LogP contribution in [0.1, 0.15) is 16.8 Å². The number of hydrogen-bond donors (Lipinski definition) is 0. The van der Waals surface area contributed by atoms with Gasteiger partial charge in [-0.05, 0) is 30.7 Å². The summed E-state index contributed by atoms with van der Waals surface area (Å²) < 4.78 is 38.6. The molecule has 2 aromatic rings. The molecule has 100 valence electrons. The summed E-state index contributed by atoms with van der Waals surface area (Å²) in [7, 11) is 0. The third-order valence-electron chi connectivity index (χ3n) is 2.83. The summed E-state index contributed by atoms with van der Waals surface area (Å²) in [5.41, 5.74) is 1.01. The van der Waals surface area contributed by atoms with Crippen LogP contribution in [0.4, 0.5) is 13.2 Å². The van der Waals surface area contributed by atoms with Gasteiger partial charge in [-0.25, -0.2) is 0 Å². The predicted molar refractivity (Wildman–Crippen MR) is 65.3 cm³/mol. The van der Waals surface area contributed by atoms with Crippen molar-refractivity contribution in [2.75, 3.05) is 0 Å². The zero-order valence-corrected chi connectivity index (χ0v) is 10.5. The topological polar surface area (TPSA) is 26.9 Å². The van der Waals surface area contributed by atoms with Crippen LogP contribution < -0.4 is 4.73 Å². The molecule has 5 heteroatoms. The van der Waals surface area contributed by atoms with Crippen LogP contribution in [0.15, 0.2) is 36.4 Å². The molecule has 19 heavy (non-hydrogen) atoms. The SMILES string of the molecule is Cc1cc(C)[n+]([O-])c(-c2cccc(C(F)(F)F)c2)c1. The number of hydrogen-bond acceptors (Lipinski definition) is 1. The molecule has 1 aromatic carbocycles. The van der Waals surface area contributed by atoms with E-state index in [1.165, 1.54) is 12.1 Å². The molecule has 1 heterocycles. The highest BCUT2D eigenvalue weighted by Crippen LogP contribution is 2.31. The van der Waals surface area contributed by atoms with Crippen molar-refractivity contribution >= 4 is 0 Å². The number of alkyl halides is 3. The van der Waals surface area contributed by atoms with Crippen molar-refractivity contribution in [3.05, 3.63) is 58.4 Å². The minimum Gasteiger partial charge on any atom is -0.618 e. The lowest BCUT2D eigenvalue weighted by Crippen LogP contribution is -2.33. The van der Waals surface area contributed by atoms with Gasteiger partial charge in [0.25, 0.3) is 0 Å². The van der Waals surface area contributed by atoms with Crippen molar-refractivity contribution in [1.82, 2.24) is 0 Å². The van der Waals surface area contributed by atoms with Crippen molar-refractivity contribution in [1.29, 1.82) is 0 Å². The second kappa shape index (κ2) is 4.57. The van der Waals surface area contributed by atoms with Gasteiger partial charge in [0.05, 0.1) is 5.56 Å². The predicted octanol–water partition coefficient (Wildman–Crippen LogP) is 3.62. The van der Waals surface area contributed by atoms with Gasteiger partial charge in [0.2, 0.25) is 5.69 Å². The van der Waals surface area contributed by atoms with E-state index >= 15 is 0 Å². The molecule has 1 aromatic heterocycles. The first-order valence-electron chi connectivity index (χ1n) is 5.67. The van der Waals surface area contributed by atoms with Gasteiger partial charge in [-0.3, -0.25) is 0 Å². The van der Waals surface area contributed by atoms with Crippen LogP contribution in [0.25, 0.3) is 11.3 Å². The maximum Gasteiger partial charge on any atom is 0.416 e. The highest BCUT2D eigenvalue weighted by Gasteiger charge is 2.31. The van der Waals surface area contributed by atoms with E-state index in [2.05, 4.69) is 0 Å². The van der Waals surface area contributed by atoms with Gasteiger partial charge < -0.3 is 5.21 Å². The molecular weight excluding hydrogens is 255 g/mol. The smallest absolute Gasteiger partial charge is 0.416 e. The molecule has 0 saturated heterocycles. The van der Waals surface area contributed by atoms with Crippen molar-refractivity contribution in [3.63, 3.8) is 0 Å². The Morgan fingerprint density at radius 3 is 2.37 bits per heavy atom. The van der Waals surface area contributed by atoms with Crippen molar-refractivity contribution in [3.8, 4) is 11.3 Å². The number of aryl methyl sites for hydroxylation is 2. The van der Waals surface area contributed by atoms with E-state index in [1.807, 2.05) is 0 Å². The molecule has 0 saturated carbocycles. The molecule has 0 fully saturated rings. The average Bonchev–Trinajstić information content (AvgIpc) is 2.33. The van der Waals surface area contributed by atoms with E-state index in [0.717, 1.165) is 17.7 Å². The molecule has 0 radical (unpaired) electrons. The summed E-state index contributed by atoms with van der Waals surface area (Å²) >= 11 is 0. The van der Waals surface area contributed by atoms with E-state index in [9.17, 15) is 18.4 Å². The standard InChI is InChI=1S/C14H12F3NO/c1-9-6-10(2)18(19)13(7-9)11-4-3-5-12(8-11)14(15,16)17/h3-8H,1-2H3. The van der Waals surface area contributed by atoms with Crippen LogP contribution in [-0.2, 0) is 6.18 Å². The largest absolute Gasteiger partial charge is 0.618 e. The number of halogens is 3. The number of benzene rings is 1. The summed E-state index contributed by atoms with van der Waals surface area (Å²) in [5, 5.41) is 11.9. The Kier molecular flexibility index (Phi) is 3.22. The lowest BCUT2D eigenvalue weighted by molar-refractivity contribution is -0.600. The minimum atomic E-state index is -4.41. The average molecular weight is 267 g/mol. The van der Waals surface area contributed by atoms with E-state index in [-0.39, 0.29) is 11.3 Å². The molecular formula is C14H12F3NO. The lowest BCUT2D eigenvalue weighted by atomic mass is 10.1. The first kappa shape index (κ1) is 13.4. The lowest BCUT2D eigenvalue weighted by Gasteiger charge is -2.11. The Morgan fingerprint density at radius 1 is 1.05 bits per heavy atom. The fourth-order valence-corrected chi connectivity index (χ4v) is 1.95. The van der Waals surface area contributed by atoms with E-state index in [1.54, 1.807) is 26.0 Å². The second-order valence-corrected chi connectivity index (χ2v) is 4.43. The fourth-order valence-electron chi connectivity index (χ4n) is 1.95. The molecule has 0 N–H and O–H groups in total. The van der Waals surface area contributed by atoms with Crippen LogP contribution in [0.3, 0.4) is 0 Å². The van der Waals surface area contributed by atoms with Crippen LogP contribution in [-0.4, -0.2) is 0 Å². The summed E-state index contributed by atoms with van der Waals surface area (Å²) in [6.45, 7) is 3.42. The molecule has 2 rings (SSSR count). The number of pyridine rings is 1. The Hall–Kier alpha value is -2.04. The molecule has 0 aliphatic rings. The van der Waals surface area contributed by atoms with Crippen LogP contribution in [0, 0.1) is 19.1 Å². The fraction of sp³-hybridized carbons (Fsp3) is 0.214. The first-order chi connectivity index (χ1) is 8.79. The third kappa shape index (κ3) is 2.70. The molecule has 0 atom stereocenters. The molecule has 0 unspecified atom stereocenters. The maximum absolute atomic E-state index is 12.7. The van der Waals surface area contributed by atoms with Crippen molar-refractivity contribution in [2.45, 2.75) is 20.0 Å². The van der Waals surface area contributed by atoms with Gasteiger partial charge in [-0.15, -0.1) is 0 Å². The normalized spacial score (nSPS) is 11.6. The quantitative estimate of drug-likeness (QED) is 0.572. The molecule has 0 bridgehead atoms. The van der Waals surface area contributed by atoms with Gasteiger partial charge in [0.15, 0.2) is 5.69 Å². The van der Waals surface area contributed by atoms with E-state index < -0.39 is 11.7 Å². The highest BCUT2D eigenvalue weighted by atomic mass is 19.4. The maximum atomic E-state index is 12.7. The van der Waals surface area contributed by atoms with Gasteiger partial charge in [-0.2, -0.15) is 17.9 Å². The van der Waals surface area contributed by atoms with Crippen LogP contribution in [0.5, 0.6) is 0 Å². The summed E-state index contributed by atoms with van der Waals surface area (Å²) in [4.78, 5) is 0.